The lowest BCUT2D eigenvalue weighted by Gasteiger charge is -2.06. The van der Waals surface area contributed by atoms with Gasteiger partial charge in [-0.15, -0.1) is 17.3 Å². The topological polar surface area (TPSA) is 69.2 Å². The Morgan fingerprint density at radius 1 is 1.31 bits per heavy atom. The van der Waals surface area contributed by atoms with Gasteiger partial charge in [-0.05, 0) is 6.92 Å². The van der Waals surface area contributed by atoms with E-state index in [2.05, 4.69) is 26.2 Å². The minimum Gasteiger partial charge on any atom is -0.467 e. The van der Waals surface area contributed by atoms with Crippen LogP contribution in [0.25, 0.3) is 0 Å². The molecule has 1 rings (SSSR count). The first-order chi connectivity index (χ1) is 7.80. The van der Waals surface area contributed by atoms with Crippen LogP contribution in [0, 0.1) is 12.3 Å². The Kier molecular flexibility index (Phi) is 4.86. The molecule has 1 aromatic rings. The minimum absolute atomic E-state index is 0.207. The summed E-state index contributed by atoms with van der Waals surface area (Å²) in [5.41, 5.74) is 0. The highest BCUT2D eigenvalue weighted by Crippen LogP contribution is 2.12. The Hall–Kier alpha value is -2.03. The normalized spacial score (nSPS) is 9.31. The minimum atomic E-state index is 0.207. The molecule has 1 heterocycles. The van der Waals surface area contributed by atoms with Crippen molar-refractivity contribution in [3.63, 3.8) is 0 Å². The van der Waals surface area contributed by atoms with Gasteiger partial charge >= 0.3 is 12.0 Å². The van der Waals surface area contributed by atoms with Crippen molar-refractivity contribution in [3.8, 4) is 24.4 Å². The summed E-state index contributed by atoms with van der Waals surface area (Å²) >= 11 is 0. The molecule has 0 radical (unpaired) electrons. The number of anilines is 1. The molecule has 0 atom stereocenters. The number of terminal acetylenes is 1. The molecule has 86 valence electrons. The number of hydrogen-bond donors (Lipinski definition) is 1. The third kappa shape index (κ3) is 3.61. The van der Waals surface area contributed by atoms with Crippen LogP contribution in [0.1, 0.15) is 13.3 Å². The first kappa shape index (κ1) is 12.0. The smallest absolute Gasteiger partial charge is 0.324 e. The maximum Gasteiger partial charge on any atom is 0.324 e. The molecule has 16 heavy (non-hydrogen) atoms. The second-order valence-corrected chi connectivity index (χ2v) is 2.76. The zero-order chi connectivity index (χ0) is 11.8. The van der Waals surface area contributed by atoms with Crippen molar-refractivity contribution in [2.24, 2.45) is 0 Å². The highest BCUT2D eigenvalue weighted by Gasteiger charge is 2.06. The van der Waals surface area contributed by atoms with Gasteiger partial charge in [0.15, 0.2) is 0 Å². The van der Waals surface area contributed by atoms with Gasteiger partial charge in [-0.3, -0.25) is 0 Å². The Bertz CT molecular complexity index is 376. The Morgan fingerprint density at radius 2 is 2.06 bits per heavy atom. The quantitative estimate of drug-likeness (QED) is 0.565. The molecule has 0 saturated carbocycles. The summed E-state index contributed by atoms with van der Waals surface area (Å²) in [4.78, 5) is 12.0. The van der Waals surface area contributed by atoms with E-state index < -0.39 is 0 Å². The predicted molar refractivity (Wildman–Crippen MR) is 59.5 cm³/mol. The fraction of sp³-hybridized carbons (Fsp3) is 0.500. The maximum atomic E-state index is 5.25. The van der Waals surface area contributed by atoms with E-state index in [1.807, 2.05) is 6.92 Å². The monoisotopic (exact) mass is 222 g/mol. The number of ether oxygens (including phenoxy) is 2. The van der Waals surface area contributed by atoms with Crippen LogP contribution >= 0.6 is 0 Å². The van der Waals surface area contributed by atoms with Gasteiger partial charge in [-0.1, -0.05) is 0 Å². The first-order valence-electron chi connectivity index (χ1n) is 4.90. The van der Waals surface area contributed by atoms with Crippen LogP contribution in [0.4, 0.5) is 5.95 Å². The van der Waals surface area contributed by atoms with E-state index in [9.17, 15) is 0 Å². The second kappa shape index (κ2) is 6.45. The van der Waals surface area contributed by atoms with Crippen LogP contribution in [0.3, 0.4) is 0 Å². The third-order valence-electron chi connectivity index (χ3n) is 1.59. The van der Waals surface area contributed by atoms with Crippen LogP contribution < -0.4 is 14.8 Å². The highest BCUT2D eigenvalue weighted by atomic mass is 16.5. The van der Waals surface area contributed by atoms with E-state index >= 15 is 0 Å². The van der Waals surface area contributed by atoms with Crippen LogP contribution in [-0.4, -0.2) is 35.2 Å². The van der Waals surface area contributed by atoms with Gasteiger partial charge in [0.1, 0.15) is 6.61 Å². The van der Waals surface area contributed by atoms with Crippen molar-refractivity contribution >= 4 is 5.95 Å². The van der Waals surface area contributed by atoms with Crippen molar-refractivity contribution in [2.45, 2.75) is 13.3 Å². The maximum absolute atomic E-state index is 5.25. The summed E-state index contributed by atoms with van der Waals surface area (Å²) in [5, 5.41) is 2.95. The summed E-state index contributed by atoms with van der Waals surface area (Å²) in [7, 11) is 1.48. The first-order valence-corrected chi connectivity index (χ1v) is 4.90. The lowest BCUT2D eigenvalue weighted by atomic mass is 10.5. The third-order valence-corrected chi connectivity index (χ3v) is 1.59. The molecule has 1 N–H and O–H groups in total. The molecule has 1 aromatic heterocycles. The zero-order valence-electron chi connectivity index (χ0n) is 9.36. The van der Waals surface area contributed by atoms with Crippen molar-refractivity contribution < 1.29 is 9.47 Å². The molecule has 0 saturated heterocycles. The van der Waals surface area contributed by atoms with E-state index in [4.69, 9.17) is 15.9 Å². The van der Waals surface area contributed by atoms with Crippen LogP contribution in [-0.2, 0) is 0 Å². The molecule has 0 aliphatic heterocycles. The summed E-state index contributed by atoms with van der Waals surface area (Å²) < 4.78 is 10.2. The van der Waals surface area contributed by atoms with E-state index in [1.165, 1.54) is 7.11 Å². The fourth-order valence-corrected chi connectivity index (χ4v) is 0.932. The van der Waals surface area contributed by atoms with E-state index in [0.717, 1.165) is 0 Å². The van der Waals surface area contributed by atoms with Crippen molar-refractivity contribution in [1.82, 2.24) is 15.0 Å². The highest BCUT2D eigenvalue weighted by molar-refractivity contribution is 5.27. The lowest BCUT2D eigenvalue weighted by molar-refractivity contribution is 0.288. The number of hydrogen-bond acceptors (Lipinski definition) is 6. The molecule has 6 heteroatoms. The van der Waals surface area contributed by atoms with E-state index in [0.29, 0.717) is 25.5 Å². The Labute approximate surface area is 94.4 Å². The molecule has 0 amide bonds. The fourth-order valence-electron chi connectivity index (χ4n) is 0.932. The zero-order valence-corrected chi connectivity index (χ0v) is 9.36. The molecule has 0 aliphatic carbocycles. The molecular formula is C10H14N4O2. The average Bonchev–Trinajstić information content (AvgIpc) is 2.29. The second-order valence-electron chi connectivity index (χ2n) is 2.76. The van der Waals surface area contributed by atoms with Crippen molar-refractivity contribution in [2.75, 3.05) is 25.6 Å². The van der Waals surface area contributed by atoms with E-state index in [1.54, 1.807) is 0 Å². The molecule has 0 fully saturated rings. The molecule has 0 aliphatic rings. The number of nitrogens with zero attached hydrogens (tertiary/aromatic N) is 3. The van der Waals surface area contributed by atoms with Gasteiger partial charge in [-0.2, -0.15) is 9.97 Å². The summed E-state index contributed by atoms with van der Waals surface area (Å²) in [6, 6.07) is 0.416. The van der Waals surface area contributed by atoms with Gasteiger partial charge in [0.05, 0.1) is 7.11 Å². The molecule has 0 unspecified atom stereocenters. The molecule has 6 nitrogen and oxygen atoms in total. The van der Waals surface area contributed by atoms with E-state index in [-0.39, 0.29) is 12.0 Å². The van der Waals surface area contributed by atoms with Gasteiger partial charge in [0, 0.05) is 13.0 Å². The number of rotatable bonds is 6. The Balaban J connectivity index is 2.74. The number of nitrogens with one attached hydrogen (secondary N) is 1. The number of aromatic nitrogens is 3. The van der Waals surface area contributed by atoms with Crippen LogP contribution in [0.5, 0.6) is 12.0 Å². The molecule has 0 bridgehead atoms. The molecule has 0 aromatic carbocycles. The van der Waals surface area contributed by atoms with Gasteiger partial charge in [0.25, 0.3) is 0 Å². The largest absolute Gasteiger partial charge is 0.467 e. The van der Waals surface area contributed by atoms with Crippen LogP contribution in [0.15, 0.2) is 0 Å². The Morgan fingerprint density at radius 3 is 2.69 bits per heavy atom. The van der Waals surface area contributed by atoms with Crippen molar-refractivity contribution in [1.29, 1.82) is 0 Å². The van der Waals surface area contributed by atoms with Gasteiger partial charge in [-0.25, -0.2) is 0 Å². The molecule has 0 spiro atoms. The lowest BCUT2D eigenvalue weighted by Crippen LogP contribution is -2.08. The summed E-state index contributed by atoms with van der Waals surface area (Å²) in [6.07, 6.45) is 5.61. The predicted octanol–water partition coefficient (Wildman–Crippen LogP) is 0.714. The average molecular weight is 222 g/mol. The SMILES string of the molecule is C#CCCOc1nc(NCC)nc(OC)n1. The van der Waals surface area contributed by atoms with Crippen LogP contribution in [0.2, 0.25) is 0 Å². The van der Waals surface area contributed by atoms with Crippen molar-refractivity contribution in [3.05, 3.63) is 0 Å². The number of methoxy groups -OCH3 is 1. The van der Waals surface area contributed by atoms with Gasteiger partial charge < -0.3 is 14.8 Å². The van der Waals surface area contributed by atoms with Gasteiger partial charge in [0.2, 0.25) is 5.95 Å². The summed E-state index contributed by atoms with van der Waals surface area (Å²) in [6.45, 7) is 3.02. The summed E-state index contributed by atoms with van der Waals surface area (Å²) in [5.74, 6) is 2.88. The standard InChI is InChI=1S/C10H14N4O2/c1-4-6-7-16-10-13-8(11-5-2)12-9(14-10)15-3/h1H,5-7H2,2-3H3,(H,11,12,13,14). The molecular weight excluding hydrogens is 208 g/mol.